The van der Waals surface area contributed by atoms with Crippen molar-refractivity contribution in [3.63, 3.8) is 0 Å². The molecule has 3 aromatic carbocycles. The number of carbonyl (C=O) groups is 2. The summed E-state index contributed by atoms with van der Waals surface area (Å²) in [6.07, 6.45) is 3.69. The van der Waals surface area contributed by atoms with E-state index in [0.717, 1.165) is 16.5 Å². The number of hydrogen-bond donors (Lipinski definition) is 0. The molecule has 192 valence electrons. The van der Waals surface area contributed by atoms with E-state index in [0.29, 0.717) is 33.9 Å². The molecule has 0 fully saturated rings. The average molecular weight is 512 g/mol. The summed E-state index contributed by atoms with van der Waals surface area (Å²) in [5.74, 6) is 0.237. The summed E-state index contributed by atoms with van der Waals surface area (Å²) in [6, 6.07) is 19.9. The monoisotopic (exact) mass is 511 g/mol. The minimum atomic E-state index is -1.87. The third-order valence-corrected chi connectivity index (χ3v) is 7.30. The fourth-order valence-corrected chi connectivity index (χ4v) is 5.61. The van der Waals surface area contributed by atoms with E-state index in [1.54, 1.807) is 7.11 Å². The number of rotatable bonds is 5. The molecule has 1 unspecified atom stereocenters. The lowest BCUT2D eigenvalue weighted by molar-refractivity contribution is -0.165. The SMILES string of the molecule is COC(=O)C1(C(=O)OC)/C(=C\c2ccccc2)c2cc3c(cc2C1n1ccc2ccc(OC)cc21)OCO3. The van der Waals surface area contributed by atoms with E-state index in [2.05, 4.69) is 0 Å². The number of carbonyl (C=O) groups excluding carboxylic acids is 2. The normalized spacial score (nSPS) is 17.9. The maximum Gasteiger partial charge on any atom is 0.330 e. The molecule has 1 atom stereocenters. The van der Waals surface area contributed by atoms with Gasteiger partial charge in [-0.3, -0.25) is 9.59 Å². The molecule has 38 heavy (non-hydrogen) atoms. The van der Waals surface area contributed by atoms with Crippen LogP contribution in [0.2, 0.25) is 0 Å². The van der Waals surface area contributed by atoms with Gasteiger partial charge in [0.25, 0.3) is 0 Å². The Balaban J connectivity index is 1.74. The van der Waals surface area contributed by atoms with Gasteiger partial charge in [0.05, 0.1) is 32.9 Å². The first-order valence-corrected chi connectivity index (χ1v) is 12.1. The fourth-order valence-electron chi connectivity index (χ4n) is 5.61. The summed E-state index contributed by atoms with van der Waals surface area (Å²) in [6.45, 7) is 0.0867. The Hall–Kier alpha value is -4.72. The molecular formula is C30H25NO7. The van der Waals surface area contributed by atoms with E-state index < -0.39 is 23.4 Å². The second kappa shape index (κ2) is 8.99. The number of methoxy groups -OCH3 is 3. The lowest BCUT2D eigenvalue weighted by Crippen LogP contribution is -2.46. The Labute approximate surface area is 218 Å². The highest BCUT2D eigenvalue weighted by atomic mass is 16.7. The van der Waals surface area contributed by atoms with Crippen LogP contribution in [-0.2, 0) is 19.1 Å². The summed E-state index contributed by atoms with van der Waals surface area (Å²) in [5, 5.41) is 0.914. The Morgan fingerprint density at radius 3 is 2.32 bits per heavy atom. The van der Waals surface area contributed by atoms with Crippen molar-refractivity contribution in [2.45, 2.75) is 6.04 Å². The van der Waals surface area contributed by atoms with Crippen molar-refractivity contribution in [2.75, 3.05) is 28.1 Å². The first-order valence-electron chi connectivity index (χ1n) is 12.1. The molecule has 2 aliphatic rings. The van der Waals surface area contributed by atoms with Gasteiger partial charge in [-0.1, -0.05) is 30.3 Å². The summed E-state index contributed by atoms with van der Waals surface area (Å²) in [5.41, 5.74) is 1.53. The van der Waals surface area contributed by atoms with Gasteiger partial charge in [-0.25, -0.2) is 0 Å². The summed E-state index contributed by atoms with van der Waals surface area (Å²) < 4.78 is 29.5. The largest absolute Gasteiger partial charge is 0.497 e. The van der Waals surface area contributed by atoms with Gasteiger partial charge >= 0.3 is 11.9 Å². The number of nitrogens with zero attached hydrogens (tertiary/aromatic N) is 1. The topological polar surface area (TPSA) is 85.2 Å². The smallest absolute Gasteiger partial charge is 0.330 e. The first-order chi connectivity index (χ1) is 18.5. The zero-order valence-corrected chi connectivity index (χ0v) is 21.1. The number of aromatic nitrogens is 1. The number of fused-ring (bicyclic) bond motifs is 3. The third-order valence-electron chi connectivity index (χ3n) is 7.30. The van der Waals surface area contributed by atoms with E-state index in [4.69, 9.17) is 23.7 Å². The molecule has 0 amide bonds. The maximum absolute atomic E-state index is 14.0. The van der Waals surface area contributed by atoms with Crippen LogP contribution in [0.5, 0.6) is 17.2 Å². The van der Waals surface area contributed by atoms with Gasteiger partial charge < -0.3 is 28.3 Å². The van der Waals surface area contributed by atoms with Gasteiger partial charge in [-0.15, -0.1) is 0 Å². The standard InChI is InChI=1S/C30H25NO7/c1-34-20-10-9-19-11-12-31(24(19)14-20)27-22-16-26-25(37-17-38-26)15-21(22)23(13-18-7-5-4-6-8-18)30(27,28(32)35-2)29(33)36-3/h4-16,27H,17H2,1-3H3/b23-13-. The van der Waals surface area contributed by atoms with Crippen molar-refractivity contribution >= 4 is 34.5 Å². The van der Waals surface area contributed by atoms with Crippen LogP contribution in [0.15, 0.2) is 72.9 Å². The van der Waals surface area contributed by atoms with Gasteiger partial charge in [-0.2, -0.15) is 0 Å². The molecule has 1 aromatic heterocycles. The van der Waals surface area contributed by atoms with Crippen LogP contribution in [0.3, 0.4) is 0 Å². The van der Waals surface area contributed by atoms with Crippen LogP contribution in [0, 0.1) is 5.41 Å². The van der Waals surface area contributed by atoms with Gasteiger partial charge in [0, 0.05) is 12.3 Å². The quantitative estimate of drug-likeness (QED) is 0.280. The molecule has 0 radical (unpaired) electrons. The van der Waals surface area contributed by atoms with Gasteiger partial charge in [0.2, 0.25) is 12.2 Å². The highest BCUT2D eigenvalue weighted by Crippen LogP contribution is 2.60. The second-order valence-electron chi connectivity index (χ2n) is 9.10. The zero-order valence-electron chi connectivity index (χ0n) is 21.1. The molecule has 1 aliphatic carbocycles. The minimum absolute atomic E-state index is 0.0867. The van der Waals surface area contributed by atoms with Crippen LogP contribution < -0.4 is 14.2 Å². The van der Waals surface area contributed by atoms with Crippen LogP contribution in [0.1, 0.15) is 22.7 Å². The van der Waals surface area contributed by atoms with E-state index >= 15 is 0 Å². The summed E-state index contributed by atoms with van der Waals surface area (Å²) in [7, 11) is 4.14. The molecular weight excluding hydrogens is 486 g/mol. The van der Waals surface area contributed by atoms with E-state index in [1.165, 1.54) is 14.2 Å². The predicted molar refractivity (Wildman–Crippen MR) is 140 cm³/mol. The van der Waals surface area contributed by atoms with E-state index in [1.807, 2.05) is 83.6 Å². The van der Waals surface area contributed by atoms with E-state index in [-0.39, 0.29) is 6.79 Å². The number of hydrogen-bond acceptors (Lipinski definition) is 7. The molecule has 0 bridgehead atoms. The minimum Gasteiger partial charge on any atom is -0.497 e. The first kappa shape index (κ1) is 23.7. The van der Waals surface area contributed by atoms with Crippen molar-refractivity contribution < 1.29 is 33.3 Å². The molecule has 4 aromatic rings. The van der Waals surface area contributed by atoms with Gasteiger partial charge in [0.1, 0.15) is 5.75 Å². The number of ether oxygens (including phenoxy) is 5. The lowest BCUT2D eigenvalue weighted by Gasteiger charge is -2.33. The molecule has 6 rings (SSSR count). The highest BCUT2D eigenvalue weighted by molar-refractivity contribution is 6.18. The molecule has 8 heteroatoms. The van der Waals surface area contributed by atoms with Crippen LogP contribution in [0.4, 0.5) is 0 Å². The lowest BCUT2D eigenvalue weighted by atomic mass is 9.76. The Bertz CT molecular complexity index is 1590. The van der Waals surface area contributed by atoms with Crippen LogP contribution in [-0.4, -0.2) is 44.6 Å². The fraction of sp³-hybridized carbons (Fsp3) is 0.200. The summed E-state index contributed by atoms with van der Waals surface area (Å²) >= 11 is 0. The molecule has 1 aliphatic heterocycles. The Kier molecular flexibility index (Phi) is 5.60. The molecule has 0 saturated carbocycles. The third kappa shape index (κ3) is 3.30. The average Bonchev–Trinajstić information content (AvgIpc) is 3.66. The predicted octanol–water partition coefficient (Wildman–Crippen LogP) is 4.85. The van der Waals surface area contributed by atoms with Crippen molar-refractivity contribution in [3.05, 3.63) is 89.6 Å². The van der Waals surface area contributed by atoms with Crippen LogP contribution >= 0.6 is 0 Å². The molecule has 0 spiro atoms. The molecule has 0 N–H and O–H groups in total. The number of benzene rings is 3. The van der Waals surface area contributed by atoms with Crippen molar-refractivity contribution in [1.29, 1.82) is 0 Å². The summed E-state index contributed by atoms with van der Waals surface area (Å²) in [4.78, 5) is 27.9. The van der Waals surface area contributed by atoms with Gasteiger partial charge in [-0.05, 0) is 64.1 Å². The zero-order chi connectivity index (χ0) is 26.4. The van der Waals surface area contributed by atoms with Gasteiger partial charge in [0.15, 0.2) is 11.5 Å². The molecule has 2 heterocycles. The highest BCUT2D eigenvalue weighted by Gasteiger charge is 2.64. The number of esters is 2. The van der Waals surface area contributed by atoms with Crippen molar-refractivity contribution in [1.82, 2.24) is 4.57 Å². The molecule has 8 nitrogen and oxygen atoms in total. The second-order valence-corrected chi connectivity index (χ2v) is 9.10. The van der Waals surface area contributed by atoms with Crippen molar-refractivity contribution in [2.24, 2.45) is 5.41 Å². The van der Waals surface area contributed by atoms with E-state index in [9.17, 15) is 9.59 Å². The van der Waals surface area contributed by atoms with Crippen molar-refractivity contribution in [3.8, 4) is 17.2 Å². The Morgan fingerprint density at radius 1 is 0.921 bits per heavy atom. The Morgan fingerprint density at radius 2 is 1.63 bits per heavy atom. The van der Waals surface area contributed by atoms with Crippen LogP contribution in [0.25, 0.3) is 22.6 Å². The maximum atomic E-state index is 14.0. The molecule has 0 saturated heterocycles.